The molecule has 6 nitrogen and oxygen atoms in total. The van der Waals surface area contributed by atoms with Crippen molar-refractivity contribution in [1.82, 2.24) is 10.9 Å². The first-order valence-electron chi connectivity index (χ1n) is 9.17. The lowest BCUT2D eigenvalue weighted by atomic mass is 9.87. The van der Waals surface area contributed by atoms with Gasteiger partial charge in [-0.3, -0.25) is 20.4 Å². The van der Waals surface area contributed by atoms with Gasteiger partial charge < -0.3 is 9.47 Å². The number of carbonyl (C=O) groups is 2. The highest BCUT2D eigenvalue weighted by molar-refractivity contribution is 5.99. The first kappa shape index (κ1) is 21.3. The number of rotatable bonds is 5. The Hall–Kier alpha value is -3.02. The van der Waals surface area contributed by atoms with Gasteiger partial charge in [-0.1, -0.05) is 32.9 Å². The summed E-state index contributed by atoms with van der Waals surface area (Å²) in [5, 5.41) is 0. The van der Waals surface area contributed by atoms with Crippen LogP contribution in [0.25, 0.3) is 0 Å². The normalized spacial score (nSPS) is 11.1. The van der Waals surface area contributed by atoms with Crippen molar-refractivity contribution < 1.29 is 19.1 Å². The largest absolute Gasteiger partial charge is 0.493 e. The second-order valence-corrected chi connectivity index (χ2v) is 7.77. The van der Waals surface area contributed by atoms with Gasteiger partial charge in [0.2, 0.25) is 0 Å². The van der Waals surface area contributed by atoms with E-state index in [2.05, 4.69) is 31.6 Å². The molecule has 0 aliphatic rings. The number of methoxy groups -OCH3 is 1. The van der Waals surface area contributed by atoms with Crippen molar-refractivity contribution in [2.45, 2.75) is 46.1 Å². The van der Waals surface area contributed by atoms with Gasteiger partial charge in [-0.2, -0.15) is 0 Å². The maximum Gasteiger partial charge on any atom is 0.269 e. The summed E-state index contributed by atoms with van der Waals surface area (Å²) in [4.78, 5) is 24.6. The maximum atomic E-state index is 12.3. The van der Waals surface area contributed by atoms with E-state index >= 15 is 0 Å². The van der Waals surface area contributed by atoms with Crippen molar-refractivity contribution in [2.75, 3.05) is 7.11 Å². The molecule has 28 heavy (non-hydrogen) atoms. The second kappa shape index (κ2) is 8.78. The van der Waals surface area contributed by atoms with Gasteiger partial charge in [-0.25, -0.2) is 0 Å². The summed E-state index contributed by atoms with van der Waals surface area (Å²) >= 11 is 0. The van der Waals surface area contributed by atoms with Gasteiger partial charge in [0.05, 0.1) is 13.2 Å². The minimum absolute atomic E-state index is 0.00766. The molecule has 0 spiro atoms. The summed E-state index contributed by atoms with van der Waals surface area (Å²) in [6.07, 6.45) is -0.0162. The van der Waals surface area contributed by atoms with Crippen molar-refractivity contribution in [3.63, 3.8) is 0 Å². The first-order valence-corrected chi connectivity index (χ1v) is 9.17. The Morgan fingerprint density at radius 2 is 1.39 bits per heavy atom. The topological polar surface area (TPSA) is 76.7 Å². The number of benzene rings is 2. The highest BCUT2D eigenvalue weighted by Gasteiger charge is 2.16. The summed E-state index contributed by atoms with van der Waals surface area (Å²) in [5.41, 5.74) is 6.79. The summed E-state index contributed by atoms with van der Waals surface area (Å²) in [7, 11) is 1.51. The van der Waals surface area contributed by atoms with E-state index in [0.717, 1.165) is 5.56 Å². The lowest BCUT2D eigenvalue weighted by Crippen LogP contribution is -2.41. The molecule has 2 amide bonds. The van der Waals surface area contributed by atoms with Gasteiger partial charge in [0.1, 0.15) is 0 Å². The SMILES string of the molecule is COc1cc(C(=O)NNC(=O)c2ccc(C(C)(C)C)cc2)ccc1OC(C)C. The quantitative estimate of drug-likeness (QED) is 0.768. The molecule has 2 rings (SSSR count). The van der Waals surface area contributed by atoms with E-state index in [0.29, 0.717) is 22.6 Å². The molecule has 0 aromatic heterocycles. The Kier molecular flexibility index (Phi) is 6.67. The summed E-state index contributed by atoms with van der Waals surface area (Å²) in [5.74, 6) is 0.164. The summed E-state index contributed by atoms with van der Waals surface area (Å²) < 4.78 is 10.9. The van der Waals surface area contributed by atoms with Crippen molar-refractivity contribution in [2.24, 2.45) is 0 Å². The molecule has 0 heterocycles. The molecule has 0 aliphatic carbocycles. The predicted octanol–water partition coefficient (Wildman–Crippen LogP) is 3.85. The van der Waals surface area contributed by atoms with Gasteiger partial charge in [0, 0.05) is 11.1 Å². The van der Waals surface area contributed by atoms with Crippen molar-refractivity contribution in [3.8, 4) is 11.5 Å². The fourth-order valence-electron chi connectivity index (χ4n) is 2.54. The Morgan fingerprint density at radius 1 is 0.857 bits per heavy atom. The van der Waals surface area contributed by atoms with Gasteiger partial charge in [-0.15, -0.1) is 0 Å². The van der Waals surface area contributed by atoms with Crippen LogP contribution in [0.5, 0.6) is 11.5 Å². The summed E-state index contributed by atoms with van der Waals surface area (Å²) in [6.45, 7) is 10.1. The molecule has 2 aromatic carbocycles. The number of hydrogen-bond donors (Lipinski definition) is 2. The van der Waals surface area contributed by atoms with E-state index in [4.69, 9.17) is 9.47 Å². The highest BCUT2D eigenvalue weighted by atomic mass is 16.5. The van der Waals surface area contributed by atoms with Crippen LogP contribution in [-0.4, -0.2) is 25.0 Å². The molecule has 2 aromatic rings. The molecule has 0 aliphatic heterocycles. The van der Waals surface area contributed by atoms with Crippen molar-refractivity contribution >= 4 is 11.8 Å². The zero-order valence-electron chi connectivity index (χ0n) is 17.3. The Balaban J connectivity index is 2.02. The number of ether oxygens (including phenoxy) is 2. The molecule has 0 bridgehead atoms. The number of hydrogen-bond acceptors (Lipinski definition) is 4. The van der Waals surface area contributed by atoms with Crippen LogP contribution in [-0.2, 0) is 5.41 Å². The number of carbonyl (C=O) groups excluding carboxylic acids is 2. The van der Waals surface area contributed by atoms with Crippen LogP contribution < -0.4 is 20.3 Å². The molecule has 6 heteroatoms. The third-order valence-electron chi connectivity index (χ3n) is 4.09. The molecular formula is C22H28N2O4. The van der Waals surface area contributed by atoms with E-state index in [1.165, 1.54) is 7.11 Å². The molecule has 0 atom stereocenters. The van der Waals surface area contributed by atoms with Crippen LogP contribution >= 0.6 is 0 Å². The zero-order valence-corrected chi connectivity index (χ0v) is 17.3. The van der Waals surface area contributed by atoms with Crippen LogP contribution in [0, 0.1) is 0 Å². The molecule has 2 N–H and O–H groups in total. The lowest BCUT2D eigenvalue weighted by molar-refractivity contribution is 0.0846. The van der Waals surface area contributed by atoms with Crippen molar-refractivity contribution in [3.05, 3.63) is 59.2 Å². The van der Waals surface area contributed by atoms with Gasteiger partial charge in [0.25, 0.3) is 11.8 Å². The van der Waals surface area contributed by atoms with E-state index in [-0.39, 0.29) is 17.4 Å². The van der Waals surface area contributed by atoms with Crippen LogP contribution in [0.3, 0.4) is 0 Å². The van der Waals surface area contributed by atoms with Crippen molar-refractivity contribution in [1.29, 1.82) is 0 Å². The number of nitrogens with one attached hydrogen (secondary N) is 2. The monoisotopic (exact) mass is 384 g/mol. The average molecular weight is 384 g/mol. The van der Waals surface area contributed by atoms with E-state index in [1.807, 2.05) is 26.0 Å². The van der Waals surface area contributed by atoms with Gasteiger partial charge in [-0.05, 0) is 55.2 Å². The average Bonchev–Trinajstić information content (AvgIpc) is 2.65. The molecule has 0 saturated heterocycles. The smallest absolute Gasteiger partial charge is 0.269 e. The van der Waals surface area contributed by atoms with Gasteiger partial charge >= 0.3 is 0 Å². The molecule has 0 saturated carbocycles. The highest BCUT2D eigenvalue weighted by Crippen LogP contribution is 2.29. The Labute approximate surface area is 166 Å². The maximum absolute atomic E-state index is 12.3. The third-order valence-corrected chi connectivity index (χ3v) is 4.09. The lowest BCUT2D eigenvalue weighted by Gasteiger charge is -2.19. The minimum atomic E-state index is -0.450. The summed E-state index contributed by atoms with van der Waals surface area (Å²) in [6, 6.07) is 12.1. The van der Waals surface area contributed by atoms with Crippen LogP contribution in [0.15, 0.2) is 42.5 Å². The standard InChI is InChI=1S/C22H28N2O4/c1-14(2)28-18-12-9-16(13-19(18)27-6)21(26)24-23-20(25)15-7-10-17(11-8-15)22(3,4)5/h7-14H,1-6H3,(H,23,25)(H,24,26). The number of hydrazine groups is 1. The van der Waals surface area contributed by atoms with Gasteiger partial charge in [0.15, 0.2) is 11.5 Å². The zero-order chi connectivity index (χ0) is 20.9. The van der Waals surface area contributed by atoms with Crippen LogP contribution in [0.4, 0.5) is 0 Å². The second-order valence-electron chi connectivity index (χ2n) is 7.77. The van der Waals surface area contributed by atoms with Crippen LogP contribution in [0.1, 0.15) is 60.9 Å². The molecule has 0 fully saturated rings. The van der Waals surface area contributed by atoms with E-state index in [1.54, 1.807) is 30.3 Å². The predicted molar refractivity (Wildman–Crippen MR) is 109 cm³/mol. The molecular weight excluding hydrogens is 356 g/mol. The van der Waals surface area contributed by atoms with E-state index in [9.17, 15) is 9.59 Å². The molecule has 0 unspecified atom stereocenters. The molecule has 0 radical (unpaired) electrons. The fourth-order valence-corrected chi connectivity index (χ4v) is 2.54. The number of amides is 2. The van der Waals surface area contributed by atoms with Crippen LogP contribution in [0.2, 0.25) is 0 Å². The Bertz CT molecular complexity index is 837. The fraction of sp³-hybridized carbons (Fsp3) is 0.364. The third kappa shape index (κ3) is 5.49. The van der Waals surface area contributed by atoms with E-state index < -0.39 is 5.91 Å². The first-order chi connectivity index (χ1) is 13.1. The molecule has 150 valence electrons. The minimum Gasteiger partial charge on any atom is -0.493 e. The Morgan fingerprint density at radius 3 is 1.89 bits per heavy atom.